The SMILES string of the molecule is COc1cc(NC(=O)NCC(c2cn(C)c3ccccc23)N(C)C)cc(OC)c1OC. The zero-order valence-electron chi connectivity index (χ0n) is 18.9. The molecule has 0 aliphatic heterocycles. The molecule has 8 nitrogen and oxygen atoms in total. The van der Waals surface area contributed by atoms with Gasteiger partial charge in [0.15, 0.2) is 11.5 Å². The number of nitrogens with one attached hydrogen (secondary N) is 2. The van der Waals surface area contributed by atoms with Crippen molar-refractivity contribution in [3.8, 4) is 17.2 Å². The Bertz CT molecular complexity index is 1040. The molecule has 8 heteroatoms. The number of nitrogens with zero attached hydrogens (tertiary/aromatic N) is 2. The maximum absolute atomic E-state index is 12.6. The van der Waals surface area contributed by atoms with Crippen LogP contribution in [0, 0.1) is 0 Å². The summed E-state index contributed by atoms with van der Waals surface area (Å²) in [6, 6.07) is 11.3. The highest BCUT2D eigenvalue weighted by Gasteiger charge is 2.20. The summed E-state index contributed by atoms with van der Waals surface area (Å²) in [6.07, 6.45) is 2.12. The van der Waals surface area contributed by atoms with E-state index in [1.807, 2.05) is 33.3 Å². The lowest BCUT2D eigenvalue weighted by atomic mass is 10.0. The second kappa shape index (κ2) is 9.61. The molecular weight excluding hydrogens is 396 g/mol. The molecule has 0 aliphatic carbocycles. The third-order valence-corrected chi connectivity index (χ3v) is 5.29. The van der Waals surface area contributed by atoms with Gasteiger partial charge in [-0.15, -0.1) is 0 Å². The molecule has 0 bridgehead atoms. The van der Waals surface area contributed by atoms with Gasteiger partial charge in [-0.05, 0) is 25.7 Å². The molecule has 1 aromatic heterocycles. The molecular formula is C23H30N4O4. The van der Waals surface area contributed by atoms with Gasteiger partial charge >= 0.3 is 6.03 Å². The van der Waals surface area contributed by atoms with E-state index in [0.717, 1.165) is 11.1 Å². The average molecular weight is 427 g/mol. The summed E-state index contributed by atoms with van der Waals surface area (Å²) in [7, 11) is 10.6. The van der Waals surface area contributed by atoms with Crippen LogP contribution in [0.1, 0.15) is 11.6 Å². The van der Waals surface area contributed by atoms with Gasteiger partial charge in [-0.1, -0.05) is 18.2 Å². The van der Waals surface area contributed by atoms with E-state index in [2.05, 4.69) is 38.4 Å². The number of anilines is 1. The Morgan fingerprint density at radius 3 is 2.29 bits per heavy atom. The molecule has 1 heterocycles. The highest BCUT2D eigenvalue weighted by atomic mass is 16.5. The number of rotatable bonds is 8. The fraction of sp³-hybridized carbons (Fsp3) is 0.348. The van der Waals surface area contributed by atoms with Crippen LogP contribution in [-0.2, 0) is 7.05 Å². The summed E-state index contributed by atoms with van der Waals surface area (Å²) in [6.45, 7) is 0.442. The second-order valence-electron chi connectivity index (χ2n) is 7.44. The summed E-state index contributed by atoms with van der Waals surface area (Å²) in [5, 5.41) is 6.99. The van der Waals surface area contributed by atoms with Gasteiger partial charge in [0.1, 0.15) is 0 Å². The number of urea groups is 1. The minimum atomic E-state index is -0.318. The summed E-state index contributed by atoms with van der Waals surface area (Å²) in [5.41, 5.74) is 2.86. The number of likely N-dealkylation sites (N-methyl/N-ethyl adjacent to an activating group) is 1. The molecule has 1 unspecified atom stereocenters. The summed E-state index contributed by atoms with van der Waals surface area (Å²) in [4.78, 5) is 14.7. The van der Waals surface area contributed by atoms with Crippen LogP contribution in [0.15, 0.2) is 42.6 Å². The minimum absolute atomic E-state index is 0.0109. The lowest BCUT2D eigenvalue weighted by molar-refractivity contribution is 0.243. The van der Waals surface area contributed by atoms with E-state index in [1.54, 1.807) is 12.1 Å². The highest BCUT2D eigenvalue weighted by Crippen LogP contribution is 2.39. The molecule has 0 saturated heterocycles. The van der Waals surface area contributed by atoms with Crippen molar-refractivity contribution >= 4 is 22.6 Å². The highest BCUT2D eigenvalue weighted by molar-refractivity contribution is 5.90. The van der Waals surface area contributed by atoms with Crippen molar-refractivity contribution in [1.82, 2.24) is 14.8 Å². The molecule has 2 aromatic carbocycles. The van der Waals surface area contributed by atoms with E-state index in [-0.39, 0.29) is 12.1 Å². The number of methoxy groups -OCH3 is 3. The van der Waals surface area contributed by atoms with Crippen LogP contribution in [-0.4, -0.2) is 57.5 Å². The van der Waals surface area contributed by atoms with Gasteiger partial charge in [0.05, 0.1) is 33.1 Å². The molecule has 1 atom stereocenters. The summed E-state index contributed by atoms with van der Waals surface area (Å²) < 4.78 is 18.1. The van der Waals surface area contributed by atoms with Crippen molar-refractivity contribution in [2.75, 3.05) is 47.3 Å². The Morgan fingerprint density at radius 2 is 1.71 bits per heavy atom. The largest absolute Gasteiger partial charge is 0.493 e. The average Bonchev–Trinajstić information content (AvgIpc) is 3.09. The number of para-hydroxylation sites is 1. The van der Waals surface area contributed by atoms with Crippen molar-refractivity contribution < 1.29 is 19.0 Å². The standard InChI is InChI=1S/C23H30N4O4/c1-26(2)19(17-14-27(3)18-10-8-7-9-16(17)18)13-24-23(28)25-15-11-20(29-4)22(31-6)21(12-15)30-5/h7-12,14,19H,13H2,1-6H3,(H2,24,25,28). The summed E-state index contributed by atoms with van der Waals surface area (Å²) in [5.74, 6) is 1.41. The Kier molecular flexibility index (Phi) is 6.91. The van der Waals surface area contributed by atoms with E-state index in [0.29, 0.717) is 29.5 Å². The number of hydrogen-bond donors (Lipinski definition) is 2. The van der Waals surface area contributed by atoms with Crippen LogP contribution < -0.4 is 24.8 Å². The lowest BCUT2D eigenvalue weighted by Crippen LogP contribution is -2.36. The molecule has 0 radical (unpaired) electrons. The normalized spacial score (nSPS) is 12.0. The predicted octanol–water partition coefficient (Wildman–Crippen LogP) is 3.63. The minimum Gasteiger partial charge on any atom is -0.493 e. The van der Waals surface area contributed by atoms with Crippen LogP contribution in [0.3, 0.4) is 0 Å². The van der Waals surface area contributed by atoms with Crippen molar-refractivity contribution in [2.45, 2.75) is 6.04 Å². The second-order valence-corrected chi connectivity index (χ2v) is 7.44. The molecule has 166 valence electrons. The molecule has 31 heavy (non-hydrogen) atoms. The maximum Gasteiger partial charge on any atom is 0.319 e. The van der Waals surface area contributed by atoms with Gasteiger partial charge in [-0.25, -0.2) is 4.79 Å². The van der Waals surface area contributed by atoms with Gasteiger partial charge < -0.3 is 34.3 Å². The lowest BCUT2D eigenvalue weighted by Gasteiger charge is -2.24. The van der Waals surface area contributed by atoms with Gasteiger partial charge in [-0.2, -0.15) is 0 Å². The number of ether oxygens (including phenoxy) is 3. The fourth-order valence-corrected chi connectivity index (χ4v) is 3.73. The molecule has 0 aliphatic rings. The topological polar surface area (TPSA) is 77.0 Å². The predicted molar refractivity (Wildman–Crippen MR) is 122 cm³/mol. The van der Waals surface area contributed by atoms with E-state index >= 15 is 0 Å². The first-order chi connectivity index (χ1) is 14.9. The van der Waals surface area contributed by atoms with Gasteiger partial charge in [0.2, 0.25) is 5.75 Å². The molecule has 2 amide bonds. The number of aromatic nitrogens is 1. The number of carbonyl (C=O) groups is 1. The first-order valence-electron chi connectivity index (χ1n) is 9.94. The van der Waals surface area contributed by atoms with Gasteiger partial charge in [-0.3, -0.25) is 0 Å². The van der Waals surface area contributed by atoms with Crippen molar-refractivity contribution in [3.63, 3.8) is 0 Å². The summed E-state index contributed by atoms with van der Waals surface area (Å²) >= 11 is 0. The van der Waals surface area contributed by atoms with Crippen molar-refractivity contribution in [3.05, 3.63) is 48.2 Å². The molecule has 2 N–H and O–H groups in total. The van der Waals surface area contributed by atoms with Crippen molar-refractivity contribution in [1.29, 1.82) is 0 Å². The zero-order valence-corrected chi connectivity index (χ0v) is 18.9. The van der Waals surface area contributed by atoms with Crippen LogP contribution in [0.4, 0.5) is 10.5 Å². The van der Waals surface area contributed by atoms with Crippen LogP contribution in [0.2, 0.25) is 0 Å². The monoisotopic (exact) mass is 426 g/mol. The molecule has 0 fully saturated rings. The Labute approximate surface area is 182 Å². The van der Waals surface area contributed by atoms with Crippen LogP contribution >= 0.6 is 0 Å². The van der Waals surface area contributed by atoms with E-state index in [1.165, 1.54) is 26.7 Å². The fourth-order valence-electron chi connectivity index (χ4n) is 3.73. The van der Waals surface area contributed by atoms with E-state index in [9.17, 15) is 4.79 Å². The third-order valence-electron chi connectivity index (χ3n) is 5.29. The quantitative estimate of drug-likeness (QED) is 0.575. The third kappa shape index (κ3) is 4.69. The van der Waals surface area contributed by atoms with Crippen LogP contribution in [0.25, 0.3) is 10.9 Å². The first kappa shape index (κ1) is 22.3. The van der Waals surface area contributed by atoms with E-state index in [4.69, 9.17) is 14.2 Å². The number of hydrogen-bond acceptors (Lipinski definition) is 5. The Balaban J connectivity index is 1.75. The number of benzene rings is 2. The molecule has 0 saturated carbocycles. The number of carbonyl (C=O) groups excluding carboxylic acids is 1. The molecule has 0 spiro atoms. The van der Waals surface area contributed by atoms with Gasteiger partial charge in [0, 0.05) is 42.8 Å². The smallest absolute Gasteiger partial charge is 0.319 e. The van der Waals surface area contributed by atoms with Crippen LogP contribution in [0.5, 0.6) is 17.2 Å². The van der Waals surface area contributed by atoms with E-state index < -0.39 is 0 Å². The van der Waals surface area contributed by atoms with Gasteiger partial charge in [0.25, 0.3) is 0 Å². The Hall–Kier alpha value is -3.39. The molecule has 3 rings (SSSR count). The van der Waals surface area contributed by atoms with Crippen molar-refractivity contribution in [2.24, 2.45) is 7.05 Å². The first-order valence-corrected chi connectivity index (χ1v) is 9.94. The number of aryl methyl sites for hydroxylation is 1. The number of amides is 2. The molecule has 3 aromatic rings. The maximum atomic E-state index is 12.6. The zero-order chi connectivity index (χ0) is 22.5. The number of fused-ring (bicyclic) bond motifs is 1. The Morgan fingerprint density at radius 1 is 1.06 bits per heavy atom.